The number of aromatic nitrogens is 2. The summed E-state index contributed by atoms with van der Waals surface area (Å²) < 4.78 is 19.9. The van der Waals surface area contributed by atoms with E-state index < -0.39 is 5.97 Å². The molecule has 0 radical (unpaired) electrons. The van der Waals surface area contributed by atoms with Crippen LogP contribution >= 0.6 is 11.6 Å². The molecule has 0 fully saturated rings. The minimum absolute atomic E-state index is 0.163. The highest BCUT2D eigenvalue weighted by atomic mass is 35.5. The Balaban J connectivity index is 2.17. The number of ether oxygens (including phenoxy) is 1. The zero-order valence-corrected chi connectivity index (χ0v) is 13.6. The van der Waals surface area contributed by atoms with Crippen LogP contribution in [0.1, 0.15) is 17.4 Å². The quantitative estimate of drug-likeness (QED) is 0.654. The van der Waals surface area contributed by atoms with Gasteiger partial charge in [0.1, 0.15) is 11.6 Å². The van der Waals surface area contributed by atoms with Gasteiger partial charge in [0.05, 0.1) is 11.6 Å². The van der Waals surface area contributed by atoms with Gasteiger partial charge in [-0.05, 0) is 43.3 Å². The number of esters is 1. The summed E-state index contributed by atoms with van der Waals surface area (Å²) >= 11 is 6.26. The van der Waals surface area contributed by atoms with Crippen molar-refractivity contribution < 1.29 is 13.9 Å². The van der Waals surface area contributed by atoms with E-state index in [-0.39, 0.29) is 18.1 Å². The molecule has 3 aromatic rings. The molecular formula is C18H14ClFN2O2. The van der Waals surface area contributed by atoms with Gasteiger partial charge in [0, 0.05) is 17.4 Å². The molecule has 0 amide bonds. The van der Waals surface area contributed by atoms with Crippen LogP contribution in [0, 0.1) is 5.82 Å². The largest absolute Gasteiger partial charge is 0.461 e. The van der Waals surface area contributed by atoms with Crippen LogP contribution in [0.5, 0.6) is 0 Å². The van der Waals surface area contributed by atoms with Crippen LogP contribution < -0.4 is 0 Å². The Bertz CT molecular complexity index is 875. The number of imidazole rings is 1. The van der Waals surface area contributed by atoms with E-state index in [1.807, 2.05) is 12.1 Å². The van der Waals surface area contributed by atoms with Crippen LogP contribution in [0.2, 0.25) is 5.02 Å². The van der Waals surface area contributed by atoms with Gasteiger partial charge in [-0.25, -0.2) is 14.2 Å². The highest BCUT2D eigenvalue weighted by Crippen LogP contribution is 2.29. The molecule has 0 aliphatic rings. The Morgan fingerprint density at radius 1 is 1.21 bits per heavy atom. The Kier molecular flexibility index (Phi) is 4.62. The summed E-state index contributed by atoms with van der Waals surface area (Å²) in [5, 5.41) is 0.502. The summed E-state index contributed by atoms with van der Waals surface area (Å²) in [6.07, 6.45) is 1.56. The molecule has 4 nitrogen and oxygen atoms in total. The number of rotatable bonds is 4. The second-order valence-corrected chi connectivity index (χ2v) is 5.40. The number of halogens is 2. The first-order valence-corrected chi connectivity index (χ1v) is 7.75. The number of hydrogen-bond donors (Lipinski definition) is 0. The maximum Gasteiger partial charge on any atom is 0.358 e. The number of hydrogen-bond acceptors (Lipinski definition) is 3. The van der Waals surface area contributed by atoms with E-state index in [1.165, 1.54) is 12.1 Å². The van der Waals surface area contributed by atoms with E-state index in [1.54, 1.807) is 42.0 Å². The molecule has 1 heterocycles. The van der Waals surface area contributed by atoms with E-state index in [0.717, 1.165) is 0 Å². The van der Waals surface area contributed by atoms with Crippen LogP contribution in [-0.4, -0.2) is 22.1 Å². The predicted octanol–water partition coefficient (Wildman–Crippen LogP) is 4.51. The van der Waals surface area contributed by atoms with Crippen molar-refractivity contribution in [2.24, 2.45) is 0 Å². The van der Waals surface area contributed by atoms with E-state index in [4.69, 9.17) is 16.3 Å². The molecule has 0 aliphatic carbocycles. The van der Waals surface area contributed by atoms with Gasteiger partial charge in [-0.3, -0.25) is 4.57 Å². The molecule has 1 aromatic heterocycles. The smallest absolute Gasteiger partial charge is 0.358 e. The molecule has 0 spiro atoms. The average Bonchev–Trinajstić information content (AvgIpc) is 3.01. The second kappa shape index (κ2) is 6.84. The van der Waals surface area contributed by atoms with Crippen molar-refractivity contribution in [2.45, 2.75) is 6.92 Å². The van der Waals surface area contributed by atoms with E-state index in [9.17, 15) is 9.18 Å². The van der Waals surface area contributed by atoms with Gasteiger partial charge < -0.3 is 4.74 Å². The summed E-state index contributed by atoms with van der Waals surface area (Å²) in [5.41, 5.74) is 1.49. The standard InChI is InChI=1S/C18H14ClFN2O2/c1-2-24-18(23)16-11-22(13-9-7-12(20)8-10-13)17(21-16)14-5-3-4-6-15(14)19/h3-11H,2H2,1H3. The zero-order valence-electron chi connectivity index (χ0n) is 12.9. The van der Waals surface area contributed by atoms with Gasteiger partial charge in [-0.1, -0.05) is 23.7 Å². The fourth-order valence-corrected chi connectivity index (χ4v) is 2.53. The second-order valence-electron chi connectivity index (χ2n) is 5.00. The van der Waals surface area contributed by atoms with Crippen molar-refractivity contribution in [3.63, 3.8) is 0 Å². The molecule has 0 saturated heterocycles. The minimum Gasteiger partial charge on any atom is -0.461 e. The molecule has 0 saturated carbocycles. The summed E-state index contributed by atoms with van der Waals surface area (Å²) in [6, 6.07) is 13.1. The maximum atomic E-state index is 13.2. The monoisotopic (exact) mass is 344 g/mol. The molecule has 0 bridgehead atoms. The van der Waals surface area contributed by atoms with Crippen molar-refractivity contribution in [1.29, 1.82) is 0 Å². The third-order valence-corrected chi connectivity index (χ3v) is 3.74. The number of benzene rings is 2. The summed E-state index contributed by atoms with van der Waals surface area (Å²) in [7, 11) is 0. The fourth-order valence-electron chi connectivity index (χ4n) is 2.31. The molecule has 0 unspecified atom stereocenters. The van der Waals surface area contributed by atoms with Gasteiger partial charge in [0.15, 0.2) is 5.69 Å². The number of carbonyl (C=O) groups excluding carboxylic acids is 1. The van der Waals surface area contributed by atoms with Crippen LogP contribution in [0.25, 0.3) is 17.1 Å². The molecule has 2 aromatic carbocycles. The normalized spacial score (nSPS) is 10.6. The Morgan fingerprint density at radius 2 is 1.92 bits per heavy atom. The topological polar surface area (TPSA) is 44.1 Å². The van der Waals surface area contributed by atoms with Gasteiger partial charge in [-0.2, -0.15) is 0 Å². The first-order valence-electron chi connectivity index (χ1n) is 7.37. The van der Waals surface area contributed by atoms with Crippen molar-refractivity contribution in [1.82, 2.24) is 9.55 Å². The van der Waals surface area contributed by atoms with E-state index in [0.29, 0.717) is 22.1 Å². The van der Waals surface area contributed by atoms with Crippen molar-refractivity contribution in [3.8, 4) is 17.1 Å². The third kappa shape index (κ3) is 3.16. The SMILES string of the molecule is CCOC(=O)c1cn(-c2ccc(F)cc2)c(-c2ccccc2Cl)n1. The van der Waals surface area contributed by atoms with Crippen LogP contribution in [0.3, 0.4) is 0 Å². The van der Waals surface area contributed by atoms with Crippen molar-refractivity contribution >= 4 is 17.6 Å². The highest BCUT2D eigenvalue weighted by Gasteiger charge is 2.19. The average molecular weight is 345 g/mol. The highest BCUT2D eigenvalue weighted by molar-refractivity contribution is 6.33. The Morgan fingerprint density at radius 3 is 2.58 bits per heavy atom. The van der Waals surface area contributed by atoms with Crippen LogP contribution in [0.15, 0.2) is 54.7 Å². The molecule has 3 rings (SSSR count). The lowest BCUT2D eigenvalue weighted by molar-refractivity contribution is 0.0520. The maximum absolute atomic E-state index is 13.2. The number of carbonyl (C=O) groups is 1. The lowest BCUT2D eigenvalue weighted by Crippen LogP contribution is -2.04. The van der Waals surface area contributed by atoms with Crippen molar-refractivity contribution in [2.75, 3.05) is 6.61 Å². The fraction of sp³-hybridized carbons (Fsp3) is 0.111. The lowest BCUT2D eigenvalue weighted by atomic mass is 10.2. The molecule has 122 valence electrons. The van der Waals surface area contributed by atoms with Gasteiger partial charge in [-0.15, -0.1) is 0 Å². The lowest BCUT2D eigenvalue weighted by Gasteiger charge is -2.08. The summed E-state index contributed by atoms with van der Waals surface area (Å²) in [4.78, 5) is 16.4. The Labute approximate surface area is 143 Å². The number of nitrogens with zero attached hydrogens (tertiary/aromatic N) is 2. The summed E-state index contributed by atoms with van der Waals surface area (Å²) in [6.45, 7) is 1.98. The predicted molar refractivity (Wildman–Crippen MR) is 89.9 cm³/mol. The first kappa shape index (κ1) is 16.2. The molecule has 0 N–H and O–H groups in total. The zero-order chi connectivity index (χ0) is 17.1. The summed E-state index contributed by atoms with van der Waals surface area (Å²) in [5.74, 6) is -0.384. The minimum atomic E-state index is -0.522. The van der Waals surface area contributed by atoms with Crippen LogP contribution in [0.4, 0.5) is 4.39 Å². The molecule has 0 atom stereocenters. The molecule has 6 heteroatoms. The molecule has 0 aliphatic heterocycles. The van der Waals surface area contributed by atoms with Gasteiger partial charge in [0.2, 0.25) is 0 Å². The Hall–Kier alpha value is -2.66. The molecule has 24 heavy (non-hydrogen) atoms. The van der Waals surface area contributed by atoms with E-state index >= 15 is 0 Å². The van der Waals surface area contributed by atoms with Gasteiger partial charge in [0.25, 0.3) is 0 Å². The van der Waals surface area contributed by atoms with Crippen molar-refractivity contribution in [3.05, 3.63) is 71.3 Å². The van der Waals surface area contributed by atoms with Crippen LogP contribution in [-0.2, 0) is 4.74 Å². The van der Waals surface area contributed by atoms with E-state index in [2.05, 4.69) is 4.98 Å². The van der Waals surface area contributed by atoms with Gasteiger partial charge >= 0.3 is 5.97 Å². The first-order chi connectivity index (χ1) is 11.6. The third-order valence-electron chi connectivity index (χ3n) is 3.41. The molecular weight excluding hydrogens is 331 g/mol.